The van der Waals surface area contributed by atoms with Crippen LogP contribution in [0.5, 0.6) is 0 Å². The highest BCUT2D eigenvalue weighted by atomic mass is 32.1. The second-order valence-electron chi connectivity index (χ2n) is 5.91. The molecule has 4 heteroatoms. The Labute approximate surface area is 159 Å². The molecule has 1 amide bonds. The molecule has 0 bridgehead atoms. The van der Waals surface area contributed by atoms with E-state index in [0.717, 1.165) is 16.7 Å². The number of carbonyl (C=O) groups excluding carboxylic acids is 1. The monoisotopic (exact) mass is 360 g/mol. The van der Waals surface area contributed by atoms with Gasteiger partial charge in [0.25, 0.3) is 0 Å². The fourth-order valence-corrected chi connectivity index (χ4v) is 2.97. The maximum absolute atomic E-state index is 12.9. The second-order valence-corrected chi connectivity index (χ2v) is 6.32. The lowest BCUT2D eigenvalue weighted by Crippen LogP contribution is -2.41. The summed E-state index contributed by atoms with van der Waals surface area (Å²) < 4.78 is 0. The van der Waals surface area contributed by atoms with Crippen LogP contribution in [0.1, 0.15) is 22.6 Å². The third-order valence-electron chi connectivity index (χ3n) is 4.06. The Morgan fingerprint density at radius 3 is 1.73 bits per heavy atom. The van der Waals surface area contributed by atoms with Gasteiger partial charge in [0, 0.05) is 6.54 Å². The van der Waals surface area contributed by atoms with Gasteiger partial charge < -0.3 is 10.6 Å². The van der Waals surface area contributed by atoms with Gasteiger partial charge in [0.2, 0.25) is 5.91 Å². The molecule has 0 aromatic heterocycles. The Morgan fingerprint density at radius 2 is 1.23 bits per heavy atom. The summed E-state index contributed by atoms with van der Waals surface area (Å²) in [4.78, 5) is 12.9. The molecule has 26 heavy (non-hydrogen) atoms. The Balaban J connectivity index is 1.71. The molecule has 2 N–H and O–H groups in total. The van der Waals surface area contributed by atoms with Gasteiger partial charge in [-0.3, -0.25) is 4.79 Å². The van der Waals surface area contributed by atoms with Crippen LogP contribution in [0, 0.1) is 0 Å². The van der Waals surface area contributed by atoms with E-state index >= 15 is 0 Å². The minimum absolute atomic E-state index is 0.145. The molecule has 3 rings (SSSR count). The van der Waals surface area contributed by atoms with Gasteiger partial charge in [-0.2, -0.15) is 0 Å². The molecule has 3 aromatic carbocycles. The number of hydrogen-bond donors (Lipinski definition) is 2. The summed E-state index contributed by atoms with van der Waals surface area (Å²) >= 11 is 5.31. The first-order valence-electron chi connectivity index (χ1n) is 8.46. The molecule has 0 aliphatic heterocycles. The van der Waals surface area contributed by atoms with Crippen LogP contribution in [-0.2, 0) is 11.3 Å². The molecule has 0 aliphatic carbocycles. The summed E-state index contributed by atoms with van der Waals surface area (Å²) in [5, 5.41) is 6.25. The van der Waals surface area contributed by atoms with Gasteiger partial charge in [0.05, 0.1) is 5.92 Å². The van der Waals surface area contributed by atoms with E-state index in [9.17, 15) is 4.79 Å². The fraction of sp³-hybridized carbons (Fsp3) is 0.0909. The molecule has 3 aromatic rings. The van der Waals surface area contributed by atoms with Crippen LogP contribution in [0.25, 0.3) is 0 Å². The molecule has 0 radical (unpaired) electrons. The van der Waals surface area contributed by atoms with Gasteiger partial charge in [-0.1, -0.05) is 91.0 Å². The molecular weight excluding hydrogens is 340 g/mol. The van der Waals surface area contributed by atoms with Crippen molar-refractivity contribution in [2.45, 2.75) is 12.5 Å². The van der Waals surface area contributed by atoms with Crippen molar-refractivity contribution in [1.82, 2.24) is 10.6 Å². The fourth-order valence-electron chi connectivity index (χ4n) is 2.79. The molecular formula is C22H20N2OS. The van der Waals surface area contributed by atoms with E-state index in [0.29, 0.717) is 11.7 Å². The highest BCUT2D eigenvalue weighted by Crippen LogP contribution is 2.24. The molecule has 0 spiro atoms. The lowest BCUT2D eigenvalue weighted by Gasteiger charge is -2.18. The molecule has 3 nitrogen and oxygen atoms in total. The van der Waals surface area contributed by atoms with Crippen molar-refractivity contribution < 1.29 is 4.79 Å². The molecule has 0 unspecified atom stereocenters. The zero-order valence-corrected chi connectivity index (χ0v) is 15.1. The van der Waals surface area contributed by atoms with Gasteiger partial charge in [-0.25, -0.2) is 0 Å². The van der Waals surface area contributed by atoms with Gasteiger partial charge in [-0.05, 0) is 28.9 Å². The normalized spacial score (nSPS) is 10.3. The van der Waals surface area contributed by atoms with Crippen LogP contribution in [0.2, 0.25) is 0 Å². The van der Waals surface area contributed by atoms with Gasteiger partial charge in [0.15, 0.2) is 5.11 Å². The van der Waals surface area contributed by atoms with E-state index in [4.69, 9.17) is 12.2 Å². The molecule has 130 valence electrons. The van der Waals surface area contributed by atoms with Crippen LogP contribution in [0.4, 0.5) is 0 Å². The zero-order valence-electron chi connectivity index (χ0n) is 14.3. The lowest BCUT2D eigenvalue weighted by atomic mass is 9.90. The number of carbonyl (C=O) groups is 1. The maximum Gasteiger partial charge on any atom is 0.238 e. The van der Waals surface area contributed by atoms with E-state index in [-0.39, 0.29) is 5.91 Å². The predicted octanol–water partition coefficient (Wildman–Crippen LogP) is 4.01. The van der Waals surface area contributed by atoms with Crippen molar-refractivity contribution in [3.63, 3.8) is 0 Å². The topological polar surface area (TPSA) is 41.1 Å². The standard InChI is InChI=1S/C22H20N2OS/c25-21(24-22(26)23-16-17-10-4-1-5-11-17)20(18-12-6-2-7-13-18)19-14-8-3-9-15-19/h1-15,20H,16H2,(H2,23,24,25,26). The number of nitrogens with one attached hydrogen (secondary N) is 2. The Bertz CT molecular complexity index is 812. The lowest BCUT2D eigenvalue weighted by molar-refractivity contribution is -0.120. The number of rotatable bonds is 5. The van der Waals surface area contributed by atoms with Gasteiger partial charge in [0.1, 0.15) is 0 Å². The predicted molar refractivity (Wildman–Crippen MR) is 109 cm³/mol. The van der Waals surface area contributed by atoms with Gasteiger partial charge >= 0.3 is 0 Å². The first-order chi connectivity index (χ1) is 12.7. The minimum Gasteiger partial charge on any atom is -0.358 e. The average Bonchev–Trinajstić information content (AvgIpc) is 2.69. The Morgan fingerprint density at radius 1 is 0.769 bits per heavy atom. The third kappa shape index (κ3) is 4.77. The average molecular weight is 360 g/mol. The summed E-state index contributed by atoms with van der Waals surface area (Å²) in [5.74, 6) is -0.554. The van der Waals surface area contributed by atoms with Crippen LogP contribution >= 0.6 is 12.2 Å². The van der Waals surface area contributed by atoms with Crippen molar-refractivity contribution in [1.29, 1.82) is 0 Å². The summed E-state index contributed by atoms with van der Waals surface area (Å²) in [6.07, 6.45) is 0. The van der Waals surface area contributed by atoms with Crippen molar-refractivity contribution in [3.05, 3.63) is 108 Å². The van der Waals surface area contributed by atoms with E-state index in [2.05, 4.69) is 10.6 Å². The van der Waals surface area contributed by atoms with Crippen molar-refractivity contribution in [3.8, 4) is 0 Å². The summed E-state index contributed by atoms with van der Waals surface area (Å²) in [5.41, 5.74) is 2.97. The quantitative estimate of drug-likeness (QED) is 0.676. The SMILES string of the molecule is O=C(NC(=S)NCc1ccccc1)C(c1ccccc1)c1ccccc1. The number of hydrogen-bond acceptors (Lipinski definition) is 2. The van der Waals surface area contributed by atoms with E-state index < -0.39 is 5.92 Å². The summed E-state index contributed by atoms with van der Waals surface area (Å²) in [7, 11) is 0. The highest BCUT2D eigenvalue weighted by molar-refractivity contribution is 7.80. The third-order valence-corrected chi connectivity index (χ3v) is 4.31. The van der Waals surface area contributed by atoms with Crippen LogP contribution < -0.4 is 10.6 Å². The van der Waals surface area contributed by atoms with Crippen LogP contribution in [0.3, 0.4) is 0 Å². The number of thiocarbonyl (C=S) groups is 1. The van der Waals surface area contributed by atoms with Crippen LogP contribution in [-0.4, -0.2) is 11.0 Å². The van der Waals surface area contributed by atoms with E-state index in [1.165, 1.54) is 0 Å². The van der Waals surface area contributed by atoms with Crippen molar-refractivity contribution >= 4 is 23.2 Å². The number of benzene rings is 3. The number of amides is 1. The smallest absolute Gasteiger partial charge is 0.238 e. The largest absolute Gasteiger partial charge is 0.358 e. The Hall–Kier alpha value is -2.98. The Kier molecular flexibility index (Phi) is 6.12. The van der Waals surface area contributed by atoms with Crippen molar-refractivity contribution in [2.75, 3.05) is 0 Å². The molecule has 0 heterocycles. The van der Waals surface area contributed by atoms with Crippen LogP contribution in [0.15, 0.2) is 91.0 Å². The van der Waals surface area contributed by atoms with E-state index in [1.54, 1.807) is 0 Å². The minimum atomic E-state index is -0.408. The second kappa shape index (κ2) is 8.92. The molecule has 0 fully saturated rings. The van der Waals surface area contributed by atoms with Crippen molar-refractivity contribution in [2.24, 2.45) is 0 Å². The zero-order chi connectivity index (χ0) is 18.2. The van der Waals surface area contributed by atoms with Gasteiger partial charge in [-0.15, -0.1) is 0 Å². The highest BCUT2D eigenvalue weighted by Gasteiger charge is 2.23. The first-order valence-corrected chi connectivity index (χ1v) is 8.87. The summed E-state index contributed by atoms with van der Waals surface area (Å²) in [6.45, 7) is 0.571. The van der Waals surface area contributed by atoms with E-state index in [1.807, 2.05) is 91.0 Å². The summed E-state index contributed by atoms with van der Waals surface area (Å²) in [6, 6.07) is 29.4. The molecule has 0 atom stereocenters. The molecule has 0 aliphatic rings. The molecule has 0 saturated carbocycles. The first kappa shape index (κ1) is 17.8. The molecule has 0 saturated heterocycles. The maximum atomic E-state index is 12.9.